The SMILES string of the molecule is NC(=O)N1C[CH]C1=O. The highest BCUT2D eigenvalue weighted by Gasteiger charge is 2.28. The summed E-state index contributed by atoms with van der Waals surface area (Å²) in [6.45, 7) is 0.369. The van der Waals surface area contributed by atoms with Gasteiger partial charge in [0.1, 0.15) is 0 Å². The average molecular weight is 113 g/mol. The second-order valence-electron chi connectivity index (χ2n) is 1.49. The maximum Gasteiger partial charge on any atom is 0.321 e. The van der Waals surface area contributed by atoms with E-state index >= 15 is 0 Å². The zero-order valence-electron chi connectivity index (χ0n) is 4.13. The van der Waals surface area contributed by atoms with E-state index < -0.39 is 6.03 Å². The third-order valence-corrected chi connectivity index (χ3v) is 0.981. The van der Waals surface area contributed by atoms with Gasteiger partial charge in [0.2, 0.25) is 5.91 Å². The Kier molecular flexibility index (Phi) is 0.932. The summed E-state index contributed by atoms with van der Waals surface area (Å²) in [6, 6.07) is -0.669. The maximum atomic E-state index is 10.2. The van der Waals surface area contributed by atoms with Crippen LogP contribution in [0.15, 0.2) is 0 Å². The zero-order valence-corrected chi connectivity index (χ0v) is 4.13. The summed E-state index contributed by atoms with van der Waals surface area (Å²) in [5.41, 5.74) is 4.73. The van der Waals surface area contributed by atoms with Crippen LogP contribution in [0.2, 0.25) is 0 Å². The molecule has 1 saturated heterocycles. The molecule has 0 spiro atoms. The minimum absolute atomic E-state index is 0.294. The summed E-state index contributed by atoms with van der Waals surface area (Å²) in [6.07, 6.45) is 1.39. The van der Waals surface area contributed by atoms with Gasteiger partial charge in [-0.05, 0) is 0 Å². The van der Waals surface area contributed by atoms with Gasteiger partial charge in [-0.1, -0.05) is 0 Å². The number of carbonyl (C=O) groups is 2. The molecule has 1 fully saturated rings. The van der Waals surface area contributed by atoms with E-state index in [1.54, 1.807) is 0 Å². The molecule has 2 N–H and O–H groups in total. The van der Waals surface area contributed by atoms with Gasteiger partial charge >= 0.3 is 6.03 Å². The molecule has 43 valence electrons. The number of imide groups is 1. The topological polar surface area (TPSA) is 63.4 Å². The molecule has 4 nitrogen and oxygen atoms in total. The van der Waals surface area contributed by atoms with Crippen LogP contribution < -0.4 is 5.73 Å². The first-order valence-electron chi connectivity index (χ1n) is 2.16. The molecule has 0 atom stereocenters. The zero-order chi connectivity index (χ0) is 6.15. The van der Waals surface area contributed by atoms with E-state index in [0.717, 1.165) is 4.90 Å². The number of nitrogens with zero attached hydrogens (tertiary/aromatic N) is 1. The number of urea groups is 1. The monoisotopic (exact) mass is 113 g/mol. The molecule has 0 aromatic carbocycles. The second kappa shape index (κ2) is 1.47. The first-order chi connectivity index (χ1) is 3.72. The lowest BCUT2D eigenvalue weighted by Crippen LogP contribution is -2.50. The molecule has 0 bridgehead atoms. The lowest BCUT2D eigenvalue weighted by atomic mass is 10.2. The fourth-order valence-corrected chi connectivity index (χ4v) is 0.456. The minimum atomic E-state index is -0.669. The van der Waals surface area contributed by atoms with Crippen LogP contribution >= 0.6 is 0 Å². The lowest BCUT2D eigenvalue weighted by Gasteiger charge is -2.25. The molecule has 3 amide bonds. The van der Waals surface area contributed by atoms with Crippen molar-refractivity contribution in [2.24, 2.45) is 5.73 Å². The molecule has 0 aromatic rings. The number of hydrogen-bond acceptors (Lipinski definition) is 2. The summed E-state index contributed by atoms with van der Waals surface area (Å²) in [7, 11) is 0. The van der Waals surface area contributed by atoms with Gasteiger partial charge in [-0.2, -0.15) is 0 Å². The van der Waals surface area contributed by atoms with E-state index in [1.807, 2.05) is 0 Å². The van der Waals surface area contributed by atoms with E-state index in [9.17, 15) is 9.59 Å². The Morgan fingerprint density at radius 1 is 1.88 bits per heavy atom. The van der Waals surface area contributed by atoms with E-state index in [1.165, 1.54) is 6.42 Å². The van der Waals surface area contributed by atoms with Gasteiger partial charge in [-0.3, -0.25) is 9.69 Å². The third kappa shape index (κ3) is 0.538. The van der Waals surface area contributed by atoms with Crippen LogP contribution in [0.4, 0.5) is 4.79 Å². The molecule has 8 heavy (non-hydrogen) atoms. The average Bonchev–Trinajstić information content (AvgIpc) is 1.61. The Morgan fingerprint density at radius 3 is 2.50 bits per heavy atom. The maximum absolute atomic E-state index is 10.2. The molecular weight excluding hydrogens is 108 g/mol. The number of nitrogens with two attached hydrogens (primary N) is 1. The Bertz CT molecular complexity index is 135. The van der Waals surface area contributed by atoms with Crippen molar-refractivity contribution in [3.63, 3.8) is 0 Å². The van der Waals surface area contributed by atoms with Crippen molar-refractivity contribution in [2.75, 3.05) is 6.54 Å². The second-order valence-corrected chi connectivity index (χ2v) is 1.49. The summed E-state index contributed by atoms with van der Waals surface area (Å²) >= 11 is 0. The fraction of sp³-hybridized carbons (Fsp3) is 0.250. The summed E-state index contributed by atoms with van der Waals surface area (Å²) < 4.78 is 0. The van der Waals surface area contributed by atoms with Crippen LogP contribution in [0.25, 0.3) is 0 Å². The normalized spacial score (nSPS) is 18.0. The number of amides is 3. The minimum Gasteiger partial charge on any atom is -0.351 e. The first kappa shape index (κ1) is 5.08. The molecule has 1 aliphatic heterocycles. The lowest BCUT2D eigenvalue weighted by molar-refractivity contribution is -0.129. The van der Waals surface area contributed by atoms with Crippen molar-refractivity contribution in [3.8, 4) is 0 Å². The number of carbonyl (C=O) groups excluding carboxylic acids is 2. The van der Waals surface area contributed by atoms with Crippen LogP contribution in [0.3, 0.4) is 0 Å². The molecule has 1 rings (SSSR count). The predicted octanol–water partition coefficient (Wildman–Crippen LogP) is -0.888. The molecule has 4 heteroatoms. The van der Waals surface area contributed by atoms with Gasteiger partial charge in [-0.15, -0.1) is 0 Å². The van der Waals surface area contributed by atoms with Crippen molar-refractivity contribution in [1.29, 1.82) is 0 Å². The van der Waals surface area contributed by atoms with Crippen LogP contribution in [0, 0.1) is 6.42 Å². The van der Waals surface area contributed by atoms with Gasteiger partial charge in [0.15, 0.2) is 0 Å². The molecule has 1 radical (unpaired) electrons. The van der Waals surface area contributed by atoms with Gasteiger partial charge in [0, 0.05) is 6.54 Å². The van der Waals surface area contributed by atoms with Crippen LogP contribution in [0.5, 0.6) is 0 Å². The number of likely N-dealkylation sites (tertiary alicyclic amines) is 1. The summed E-state index contributed by atoms with van der Waals surface area (Å²) in [5, 5.41) is 0. The van der Waals surface area contributed by atoms with E-state index in [0.29, 0.717) is 6.54 Å². The highest BCUT2D eigenvalue weighted by molar-refractivity contribution is 6.03. The quantitative estimate of drug-likeness (QED) is 0.414. The fourth-order valence-electron chi connectivity index (χ4n) is 0.456. The molecule has 0 unspecified atom stereocenters. The largest absolute Gasteiger partial charge is 0.351 e. The van der Waals surface area contributed by atoms with Crippen molar-refractivity contribution in [1.82, 2.24) is 4.90 Å². The van der Waals surface area contributed by atoms with Crippen molar-refractivity contribution in [2.45, 2.75) is 0 Å². The Morgan fingerprint density at radius 2 is 2.50 bits per heavy atom. The van der Waals surface area contributed by atoms with E-state index in [4.69, 9.17) is 5.73 Å². The summed E-state index contributed by atoms with van der Waals surface area (Å²) in [4.78, 5) is 21.3. The highest BCUT2D eigenvalue weighted by Crippen LogP contribution is 2.04. The van der Waals surface area contributed by atoms with Gasteiger partial charge in [0.25, 0.3) is 0 Å². The van der Waals surface area contributed by atoms with E-state index in [-0.39, 0.29) is 5.91 Å². The van der Waals surface area contributed by atoms with Gasteiger partial charge in [0.05, 0.1) is 6.42 Å². The Labute approximate surface area is 46.3 Å². The van der Waals surface area contributed by atoms with Gasteiger partial charge < -0.3 is 5.73 Å². The van der Waals surface area contributed by atoms with Crippen molar-refractivity contribution < 1.29 is 9.59 Å². The van der Waals surface area contributed by atoms with Crippen molar-refractivity contribution >= 4 is 11.9 Å². The predicted molar refractivity (Wildman–Crippen MR) is 25.6 cm³/mol. The molecule has 1 aliphatic rings. The number of β-lactam (4-membered cyclic amide) rings is 1. The van der Waals surface area contributed by atoms with Crippen LogP contribution in [0.1, 0.15) is 0 Å². The standard InChI is InChI=1S/C4H5N2O2/c5-4(8)6-2-1-3(6)7/h1H,2H2,(H2,5,8). The first-order valence-corrected chi connectivity index (χ1v) is 2.16. The third-order valence-electron chi connectivity index (χ3n) is 0.981. The van der Waals surface area contributed by atoms with E-state index in [2.05, 4.69) is 0 Å². The van der Waals surface area contributed by atoms with Crippen LogP contribution in [-0.4, -0.2) is 23.4 Å². The summed E-state index contributed by atoms with van der Waals surface area (Å²) in [5.74, 6) is -0.294. The van der Waals surface area contributed by atoms with Crippen LogP contribution in [-0.2, 0) is 4.79 Å². The van der Waals surface area contributed by atoms with Gasteiger partial charge in [-0.25, -0.2) is 4.79 Å². The molecular formula is C4H5N2O2. The number of primary amides is 1. The molecule has 0 aromatic heterocycles. The molecule has 0 saturated carbocycles. The highest BCUT2D eigenvalue weighted by atomic mass is 16.2. The Balaban J connectivity index is 2.49. The number of hydrogen-bond donors (Lipinski definition) is 1. The molecule has 0 aliphatic carbocycles. The molecule has 1 heterocycles. The van der Waals surface area contributed by atoms with Crippen molar-refractivity contribution in [3.05, 3.63) is 6.42 Å². The smallest absolute Gasteiger partial charge is 0.321 e. The number of rotatable bonds is 0. The Hall–Kier alpha value is -1.06.